The summed E-state index contributed by atoms with van der Waals surface area (Å²) in [4.78, 5) is 30.8. The highest BCUT2D eigenvalue weighted by molar-refractivity contribution is 6.07. The Labute approximate surface area is 180 Å². The zero-order valence-corrected chi connectivity index (χ0v) is 16.6. The lowest BCUT2D eigenvalue weighted by atomic mass is 9.78. The van der Waals surface area contributed by atoms with Crippen LogP contribution in [0.15, 0.2) is 53.1 Å². The Morgan fingerprint density at radius 1 is 1.09 bits per heavy atom. The van der Waals surface area contributed by atoms with Crippen LogP contribution in [-0.2, 0) is 30.4 Å². The highest BCUT2D eigenvalue weighted by atomic mass is 19.4. The number of rotatable bonds is 3. The second-order valence-electron chi connectivity index (χ2n) is 7.94. The number of imide groups is 1. The van der Waals surface area contributed by atoms with Gasteiger partial charge in [0.25, 0.3) is 5.91 Å². The number of aryl methyl sites for hydroxylation is 1. The van der Waals surface area contributed by atoms with Crippen molar-refractivity contribution in [3.05, 3.63) is 71.1 Å². The summed E-state index contributed by atoms with van der Waals surface area (Å²) in [5, 5.41) is 6.53. The zero-order chi connectivity index (χ0) is 22.5. The number of hydrogen-bond donors (Lipinski definition) is 1. The Kier molecular flexibility index (Phi) is 4.54. The molecule has 3 amide bonds. The third kappa shape index (κ3) is 3.41. The number of carbonyl (C=O) groups is 2. The summed E-state index contributed by atoms with van der Waals surface area (Å²) in [6.07, 6.45) is -2.97. The number of nitrogens with one attached hydrogen (secondary N) is 1. The van der Waals surface area contributed by atoms with E-state index >= 15 is 0 Å². The van der Waals surface area contributed by atoms with Gasteiger partial charge in [-0.3, -0.25) is 9.69 Å². The van der Waals surface area contributed by atoms with E-state index in [0.717, 1.165) is 28.2 Å². The quantitative estimate of drug-likeness (QED) is 0.625. The van der Waals surface area contributed by atoms with E-state index in [1.807, 2.05) is 24.3 Å². The van der Waals surface area contributed by atoms with E-state index in [9.17, 15) is 22.8 Å². The fourth-order valence-corrected chi connectivity index (χ4v) is 4.25. The molecule has 5 rings (SSSR count). The van der Waals surface area contributed by atoms with Gasteiger partial charge in [-0.15, -0.1) is 0 Å². The number of fused-ring (bicyclic) bond motifs is 1. The van der Waals surface area contributed by atoms with Crippen molar-refractivity contribution in [2.45, 2.75) is 37.5 Å². The fourth-order valence-electron chi connectivity index (χ4n) is 4.25. The van der Waals surface area contributed by atoms with Gasteiger partial charge in [-0.2, -0.15) is 18.2 Å². The van der Waals surface area contributed by atoms with Crippen LogP contribution >= 0.6 is 0 Å². The molecule has 2 heterocycles. The maximum atomic E-state index is 13.2. The number of urea groups is 1. The topological polar surface area (TPSA) is 88.3 Å². The molecule has 1 fully saturated rings. The molecule has 0 saturated carbocycles. The van der Waals surface area contributed by atoms with E-state index < -0.39 is 23.3 Å². The Balaban J connectivity index is 1.35. The van der Waals surface area contributed by atoms with Gasteiger partial charge in [0.05, 0.1) is 5.56 Å². The third-order valence-electron chi connectivity index (χ3n) is 5.89. The Bertz CT molecular complexity index is 1220. The van der Waals surface area contributed by atoms with Crippen LogP contribution in [0.5, 0.6) is 0 Å². The lowest BCUT2D eigenvalue weighted by Crippen LogP contribution is -2.51. The van der Waals surface area contributed by atoms with Crippen LogP contribution in [0.1, 0.15) is 29.0 Å². The van der Waals surface area contributed by atoms with Gasteiger partial charge in [-0.05, 0) is 36.1 Å². The minimum absolute atomic E-state index is 0.0471. The summed E-state index contributed by atoms with van der Waals surface area (Å²) in [7, 11) is 0. The SMILES string of the molecule is O=C1NC2(CCc3ccccc3C2)C(=O)N1Cc1nc(-c2cccc(C(F)(F)F)c2)no1. The van der Waals surface area contributed by atoms with Gasteiger partial charge >= 0.3 is 12.2 Å². The Hall–Kier alpha value is -3.69. The van der Waals surface area contributed by atoms with E-state index in [4.69, 9.17) is 4.52 Å². The van der Waals surface area contributed by atoms with Gasteiger partial charge in [0.1, 0.15) is 12.1 Å². The first kappa shape index (κ1) is 20.2. The number of aromatic nitrogens is 2. The molecule has 1 atom stereocenters. The molecule has 0 bridgehead atoms. The number of halogens is 3. The predicted octanol–water partition coefficient (Wildman–Crippen LogP) is 3.73. The molecule has 164 valence electrons. The summed E-state index contributed by atoms with van der Waals surface area (Å²) in [5.74, 6) is -0.482. The van der Waals surface area contributed by atoms with Crippen molar-refractivity contribution in [2.75, 3.05) is 0 Å². The molecule has 1 unspecified atom stereocenters. The van der Waals surface area contributed by atoms with Gasteiger partial charge in [0, 0.05) is 12.0 Å². The molecule has 10 heteroatoms. The predicted molar refractivity (Wildman–Crippen MR) is 105 cm³/mol. The normalized spacial score (nSPS) is 20.5. The first-order chi connectivity index (χ1) is 15.2. The zero-order valence-electron chi connectivity index (χ0n) is 16.6. The number of amides is 3. The van der Waals surface area contributed by atoms with Crippen molar-refractivity contribution >= 4 is 11.9 Å². The maximum Gasteiger partial charge on any atom is 0.416 e. The van der Waals surface area contributed by atoms with E-state index in [1.165, 1.54) is 12.1 Å². The van der Waals surface area contributed by atoms with Crippen molar-refractivity contribution in [1.82, 2.24) is 20.4 Å². The highest BCUT2D eigenvalue weighted by Crippen LogP contribution is 2.34. The molecule has 1 aliphatic heterocycles. The van der Waals surface area contributed by atoms with Crippen molar-refractivity contribution < 1.29 is 27.3 Å². The van der Waals surface area contributed by atoms with Gasteiger partial charge in [0.15, 0.2) is 0 Å². The highest BCUT2D eigenvalue weighted by Gasteiger charge is 2.52. The van der Waals surface area contributed by atoms with Crippen molar-refractivity contribution in [2.24, 2.45) is 0 Å². The summed E-state index contributed by atoms with van der Waals surface area (Å²) >= 11 is 0. The van der Waals surface area contributed by atoms with Gasteiger partial charge in [-0.1, -0.05) is 41.6 Å². The minimum atomic E-state index is -4.50. The van der Waals surface area contributed by atoms with Crippen LogP contribution in [0.25, 0.3) is 11.4 Å². The lowest BCUT2D eigenvalue weighted by Gasteiger charge is -2.32. The molecule has 2 aromatic carbocycles. The molecule has 1 spiro atoms. The second kappa shape index (κ2) is 7.18. The first-order valence-electron chi connectivity index (χ1n) is 9.96. The molecule has 32 heavy (non-hydrogen) atoms. The van der Waals surface area contributed by atoms with E-state index in [1.54, 1.807) is 0 Å². The standard InChI is InChI=1S/C22H17F3N4O3/c23-22(24,25)16-7-3-6-14(10-16)18-26-17(32-28-18)12-29-19(30)21(27-20(29)31)9-8-13-4-1-2-5-15(13)11-21/h1-7,10H,8-9,11-12H2,(H,27,31). The van der Waals surface area contributed by atoms with Gasteiger partial charge < -0.3 is 9.84 Å². The smallest absolute Gasteiger partial charge is 0.337 e. The second-order valence-corrected chi connectivity index (χ2v) is 7.94. The third-order valence-corrected chi connectivity index (χ3v) is 5.89. The van der Waals surface area contributed by atoms with Crippen molar-refractivity contribution in [3.63, 3.8) is 0 Å². The monoisotopic (exact) mass is 442 g/mol. The van der Waals surface area contributed by atoms with Crippen molar-refractivity contribution in [1.29, 1.82) is 0 Å². The van der Waals surface area contributed by atoms with Crippen LogP contribution in [-0.4, -0.2) is 32.5 Å². The number of alkyl halides is 3. The number of nitrogens with zero attached hydrogens (tertiary/aromatic N) is 3. The largest absolute Gasteiger partial charge is 0.416 e. The molecular weight excluding hydrogens is 425 g/mol. The molecule has 7 nitrogen and oxygen atoms in total. The van der Waals surface area contributed by atoms with Gasteiger partial charge in [0.2, 0.25) is 11.7 Å². The average Bonchev–Trinajstić information content (AvgIpc) is 3.32. The van der Waals surface area contributed by atoms with E-state index in [-0.39, 0.29) is 29.7 Å². The lowest BCUT2D eigenvalue weighted by molar-refractivity contribution is -0.137. The average molecular weight is 442 g/mol. The molecule has 0 radical (unpaired) electrons. The molecule has 3 aromatic rings. The first-order valence-corrected chi connectivity index (χ1v) is 9.96. The minimum Gasteiger partial charge on any atom is -0.337 e. The molecule has 1 aliphatic carbocycles. The molecule has 1 N–H and O–H groups in total. The van der Waals surface area contributed by atoms with Crippen molar-refractivity contribution in [3.8, 4) is 11.4 Å². The van der Waals surface area contributed by atoms with E-state index in [0.29, 0.717) is 19.3 Å². The summed E-state index contributed by atoms with van der Waals surface area (Å²) in [5.41, 5.74) is 0.428. The number of carbonyl (C=O) groups excluding carboxylic acids is 2. The van der Waals surface area contributed by atoms with Crippen LogP contribution in [0.3, 0.4) is 0 Å². The van der Waals surface area contributed by atoms with Crippen LogP contribution in [0, 0.1) is 0 Å². The Morgan fingerprint density at radius 2 is 1.88 bits per heavy atom. The molecular formula is C22H17F3N4O3. The fraction of sp³-hybridized carbons (Fsp3) is 0.273. The summed E-state index contributed by atoms with van der Waals surface area (Å²) in [6, 6.07) is 11.7. The van der Waals surface area contributed by atoms with Crippen LogP contribution < -0.4 is 5.32 Å². The van der Waals surface area contributed by atoms with Crippen LogP contribution in [0.2, 0.25) is 0 Å². The molecule has 2 aliphatic rings. The van der Waals surface area contributed by atoms with Crippen LogP contribution in [0.4, 0.5) is 18.0 Å². The summed E-state index contributed by atoms with van der Waals surface area (Å²) in [6.45, 7) is -0.264. The van der Waals surface area contributed by atoms with E-state index in [2.05, 4.69) is 15.5 Å². The summed E-state index contributed by atoms with van der Waals surface area (Å²) < 4.78 is 44.0. The molecule has 1 saturated heterocycles. The van der Waals surface area contributed by atoms with Gasteiger partial charge in [-0.25, -0.2) is 4.79 Å². The molecule has 1 aromatic heterocycles. The maximum absolute atomic E-state index is 13.2. The number of hydrogen-bond acceptors (Lipinski definition) is 5. The number of benzene rings is 2. The Morgan fingerprint density at radius 3 is 2.66 bits per heavy atom.